The summed E-state index contributed by atoms with van der Waals surface area (Å²) in [7, 11) is 0. The van der Waals surface area contributed by atoms with Crippen molar-refractivity contribution in [3.63, 3.8) is 0 Å². The monoisotopic (exact) mass is 272 g/mol. The maximum atomic E-state index is 12.8. The highest BCUT2D eigenvalue weighted by Gasteiger charge is 2.34. The Morgan fingerprint density at radius 2 is 1.95 bits per heavy atom. The highest BCUT2D eigenvalue weighted by molar-refractivity contribution is 5.31. The second-order valence-corrected chi connectivity index (χ2v) is 4.02. The van der Waals surface area contributed by atoms with Crippen LogP contribution >= 0.6 is 0 Å². The van der Waals surface area contributed by atoms with Gasteiger partial charge in [0.25, 0.3) is 0 Å². The first kappa shape index (κ1) is 13.5. The Hall–Kier alpha value is -1.89. The minimum absolute atomic E-state index is 0.0991. The minimum Gasteiger partial charge on any atom is -0.425 e. The number of nitrogens with zero attached hydrogens (tertiary/aromatic N) is 2. The molecule has 0 spiro atoms. The molecule has 1 N–H and O–H groups in total. The SMILES string of the molecule is Cc1nnc(C[C@H](O)c2ccccc2C(F)(F)F)o1. The first-order valence-electron chi connectivity index (χ1n) is 5.51. The lowest BCUT2D eigenvalue weighted by molar-refractivity contribution is -0.139. The van der Waals surface area contributed by atoms with Gasteiger partial charge in [-0.3, -0.25) is 0 Å². The second kappa shape index (κ2) is 5.00. The Balaban J connectivity index is 2.26. The number of aliphatic hydroxyl groups excluding tert-OH is 1. The van der Waals surface area contributed by atoms with Crippen molar-refractivity contribution in [2.45, 2.75) is 25.6 Å². The van der Waals surface area contributed by atoms with E-state index in [0.29, 0.717) is 5.89 Å². The highest BCUT2D eigenvalue weighted by Crippen LogP contribution is 2.35. The Bertz CT molecular complexity index is 566. The lowest BCUT2D eigenvalue weighted by atomic mass is 10.00. The van der Waals surface area contributed by atoms with Crippen molar-refractivity contribution in [1.29, 1.82) is 0 Å². The molecule has 1 atom stereocenters. The molecule has 0 radical (unpaired) electrons. The summed E-state index contributed by atoms with van der Waals surface area (Å²) in [6.45, 7) is 1.56. The molecule has 0 saturated carbocycles. The molecule has 0 amide bonds. The summed E-state index contributed by atoms with van der Waals surface area (Å²) in [6.07, 6.45) is -6.02. The van der Waals surface area contributed by atoms with Crippen LogP contribution in [0, 0.1) is 6.92 Å². The lowest BCUT2D eigenvalue weighted by Gasteiger charge is -2.16. The van der Waals surface area contributed by atoms with E-state index in [1.807, 2.05) is 0 Å². The van der Waals surface area contributed by atoms with Gasteiger partial charge in [-0.25, -0.2) is 0 Å². The summed E-state index contributed by atoms with van der Waals surface area (Å²) >= 11 is 0. The predicted octanol–water partition coefficient (Wildman–Crippen LogP) is 2.67. The Kier molecular flexibility index (Phi) is 3.57. The standard InChI is InChI=1S/C12H11F3N2O2/c1-7-16-17-11(19-7)6-10(18)8-4-2-3-5-9(8)12(13,14)15/h2-5,10,18H,6H2,1H3/t10-/m0/s1. The normalized spacial score (nSPS) is 13.5. The Morgan fingerprint density at radius 1 is 1.26 bits per heavy atom. The van der Waals surface area contributed by atoms with Gasteiger partial charge in [-0.2, -0.15) is 13.2 Å². The maximum absolute atomic E-state index is 12.8. The lowest BCUT2D eigenvalue weighted by Crippen LogP contribution is -2.13. The zero-order valence-corrected chi connectivity index (χ0v) is 9.98. The largest absolute Gasteiger partial charge is 0.425 e. The molecule has 1 aromatic heterocycles. The van der Waals surface area contributed by atoms with Gasteiger partial charge in [0.2, 0.25) is 11.8 Å². The number of rotatable bonds is 3. The van der Waals surface area contributed by atoms with Crippen molar-refractivity contribution in [3.05, 3.63) is 47.2 Å². The molecule has 2 aromatic rings. The summed E-state index contributed by atoms with van der Waals surface area (Å²) in [4.78, 5) is 0. The van der Waals surface area contributed by atoms with Crippen LogP contribution in [0.1, 0.15) is 29.0 Å². The van der Waals surface area contributed by atoms with Crippen molar-refractivity contribution in [1.82, 2.24) is 10.2 Å². The summed E-state index contributed by atoms with van der Waals surface area (Å²) in [5.41, 5.74) is -1.07. The van der Waals surface area contributed by atoms with Gasteiger partial charge < -0.3 is 9.52 Å². The van der Waals surface area contributed by atoms with Crippen molar-refractivity contribution in [2.24, 2.45) is 0 Å². The number of benzene rings is 1. The quantitative estimate of drug-likeness (QED) is 0.933. The van der Waals surface area contributed by atoms with E-state index in [2.05, 4.69) is 10.2 Å². The molecule has 102 valence electrons. The molecular formula is C12H11F3N2O2. The predicted molar refractivity (Wildman–Crippen MR) is 59.1 cm³/mol. The van der Waals surface area contributed by atoms with Crippen LogP contribution in [-0.2, 0) is 12.6 Å². The molecule has 0 unspecified atom stereocenters. The molecule has 7 heteroatoms. The van der Waals surface area contributed by atoms with Gasteiger partial charge in [0.1, 0.15) is 0 Å². The van der Waals surface area contributed by atoms with Crippen LogP contribution in [0.15, 0.2) is 28.7 Å². The zero-order chi connectivity index (χ0) is 14.0. The molecule has 1 heterocycles. The number of aryl methyl sites for hydroxylation is 1. The molecule has 0 saturated heterocycles. The summed E-state index contributed by atoms with van der Waals surface area (Å²) in [5.74, 6) is 0.397. The van der Waals surface area contributed by atoms with E-state index in [9.17, 15) is 18.3 Å². The third-order valence-electron chi connectivity index (χ3n) is 2.56. The van der Waals surface area contributed by atoms with Gasteiger partial charge in [-0.15, -0.1) is 10.2 Å². The molecule has 0 bridgehead atoms. The van der Waals surface area contributed by atoms with Gasteiger partial charge >= 0.3 is 6.18 Å². The van der Waals surface area contributed by atoms with Crippen LogP contribution < -0.4 is 0 Å². The fourth-order valence-electron chi connectivity index (χ4n) is 1.74. The van der Waals surface area contributed by atoms with Crippen LogP contribution in [0.5, 0.6) is 0 Å². The molecule has 19 heavy (non-hydrogen) atoms. The van der Waals surface area contributed by atoms with Gasteiger partial charge in [-0.05, 0) is 11.6 Å². The average Bonchev–Trinajstić information content (AvgIpc) is 2.73. The van der Waals surface area contributed by atoms with Crippen LogP contribution in [0.25, 0.3) is 0 Å². The molecule has 0 aliphatic rings. The van der Waals surface area contributed by atoms with Gasteiger partial charge in [0.15, 0.2) is 0 Å². The third kappa shape index (κ3) is 3.11. The molecule has 1 aromatic carbocycles. The molecule has 4 nitrogen and oxygen atoms in total. The number of hydrogen-bond acceptors (Lipinski definition) is 4. The Labute approximate surface area is 106 Å². The highest BCUT2D eigenvalue weighted by atomic mass is 19.4. The van der Waals surface area contributed by atoms with Crippen LogP contribution in [0.4, 0.5) is 13.2 Å². The molecule has 0 aliphatic carbocycles. The van der Waals surface area contributed by atoms with Gasteiger partial charge in [0.05, 0.1) is 18.1 Å². The van der Waals surface area contributed by atoms with Crippen molar-refractivity contribution < 1.29 is 22.7 Å². The van der Waals surface area contributed by atoms with E-state index in [4.69, 9.17) is 4.42 Å². The van der Waals surface area contributed by atoms with E-state index in [0.717, 1.165) is 6.07 Å². The van der Waals surface area contributed by atoms with E-state index < -0.39 is 17.8 Å². The second-order valence-electron chi connectivity index (χ2n) is 4.02. The fraction of sp³-hybridized carbons (Fsp3) is 0.333. The molecule has 0 fully saturated rings. The number of aromatic nitrogens is 2. The number of hydrogen-bond donors (Lipinski definition) is 1. The summed E-state index contributed by atoms with van der Waals surface area (Å²) in [6, 6.07) is 4.87. The van der Waals surface area contributed by atoms with Crippen LogP contribution in [0.3, 0.4) is 0 Å². The number of alkyl halides is 3. The molecule has 0 aliphatic heterocycles. The smallest absolute Gasteiger partial charge is 0.416 e. The van der Waals surface area contributed by atoms with Crippen molar-refractivity contribution >= 4 is 0 Å². The van der Waals surface area contributed by atoms with Gasteiger partial charge in [0, 0.05) is 6.92 Å². The average molecular weight is 272 g/mol. The van der Waals surface area contributed by atoms with E-state index in [1.165, 1.54) is 18.2 Å². The van der Waals surface area contributed by atoms with Gasteiger partial charge in [-0.1, -0.05) is 18.2 Å². The zero-order valence-electron chi connectivity index (χ0n) is 9.98. The van der Waals surface area contributed by atoms with Crippen molar-refractivity contribution in [2.75, 3.05) is 0 Å². The van der Waals surface area contributed by atoms with E-state index in [1.54, 1.807) is 6.92 Å². The topological polar surface area (TPSA) is 59.2 Å². The third-order valence-corrected chi connectivity index (χ3v) is 2.56. The van der Waals surface area contributed by atoms with Crippen LogP contribution in [0.2, 0.25) is 0 Å². The van der Waals surface area contributed by atoms with Crippen LogP contribution in [-0.4, -0.2) is 15.3 Å². The van der Waals surface area contributed by atoms with E-state index >= 15 is 0 Å². The molecular weight excluding hydrogens is 261 g/mol. The summed E-state index contributed by atoms with van der Waals surface area (Å²) < 4.78 is 43.4. The maximum Gasteiger partial charge on any atom is 0.416 e. The Morgan fingerprint density at radius 3 is 2.53 bits per heavy atom. The fourth-order valence-corrected chi connectivity index (χ4v) is 1.74. The van der Waals surface area contributed by atoms with E-state index in [-0.39, 0.29) is 17.9 Å². The first-order valence-corrected chi connectivity index (χ1v) is 5.51. The number of halogens is 3. The molecule has 2 rings (SSSR count). The van der Waals surface area contributed by atoms with Crippen molar-refractivity contribution in [3.8, 4) is 0 Å². The first-order chi connectivity index (χ1) is 8.88. The minimum atomic E-state index is -4.51. The summed E-state index contributed by atoms with van der Waals surface area (Å²) in [5, 5.41) is 17.1. The number of aliphatic hydroxyl groups is 1.